The minimum Gasteiger partial charge on any atom is -0.354 e. The quantitative estimate of drug-likeness (QED) is 0.770. The molecule has 0 unspecified atom stereocenters. The minimum absolute atomic E-state index is 0.0442. The van der Waals surface area contributed by atoms with E-state index in [2.05, 4.69) is 20.9 Å². The third-order valence-corrected chi connectivity index (χ3v) is 3.54. The Hall–Kier alpha value is -1.33. The molecule has 8 heteroatoms. The van der Waals surface area contributed by atoms with Crippen molar-refractivity contribution in [3.63, 3.8) is 0 Å². The maximum absolute atomic E-state index is 13.0. The van der Waals surface area contributed by atoms with Crippen molar-refractivity contribution in [2.45, 2.75) is 6.18 Å². The SMILES string of the molecule is N#CCN1CCN(c2ncc(Br)cc2C(F)(F)F)CC1. The van der Waals surface area contributed by atoms with Crippen LogP contribution in [0.5, 0.6) is 0 Å². The van der Waals surface area contributed by atoms with Crippen molar-refractivity contribution in [3.8, 4) is 6.07 Å². The molecule has 0 atom stereocenters. The van der Waals surface area contributed by atoms with E-state index in [9.17, 15) is 13.2 Å². The number of piperazine rings is 1. The minimum atomic E-state index is -4.43. The summed E-state index contributed by atoms with van der Waals surface area (Å²) in [6.45, 7) is 2.28. The van der Waals surface area contributed by atoms with E-state index in [1.807, 2.05) is 11.0 Å². The number of aromatic nitrogens is 1. The van der Waals surface area contributed by atoms with Crippen LogP contribution in [-0.4, -0.2) is 42.6 Å². The molecule has 0 saturated carbocycles. The first-order chi connectivity index (χ1) is 9.41. The van der Waals surface area contributed by atoms with Gasteiger partial charge in [-0.2, -0.15) is 18.4 Å². The first kappa shape index (κ1) is 15.1. The number of rotatable bonds is 2. The number of nitrogens with zero attached hydrogens (tertiary/aromatic N) is 4. The summed E-state index contributed by atoms with van der Waals surface area (Å²) < 4.78 is 39.4. The fourth-order valence-electron chi connectivity index (χ4n) is 2.11. The molecule has 1 aliphatic heterocycles. The van der Waals surface area contributed by atoms with Crippen LogP contribution in [0.25, 0.3) is 0 Å². The molecule has 1 aromatic rings. The Labute approximate surface area is 122 Å². The number of halogens is 4. The van der Waals surface area contributed by atoms with Crippen LogP contribution in [0.2, 0.25) is 0 Å². The Morgan fingerprint density at radius 2 is 1.95 bits per heavy atom. The van der Waals surface area contributed by atoms with Crippen molar-refractivity contribution in [3.05, 3.63) is 22.3 Å². The molecule has 1 fully saturated rings. The van der Waals surface area contributed by atoms with E-state index in [1.54, 1.807) is 4.90 Å². The zero-order valence-electron chi connectivity index (χ0n) is 10.5. The number of hydrogen-bond acceptors (Lipinski definition) is 4. The second-order valence-electron chi connectivity index (χ2n) is 4.44. The van der Waals surface area contributed by atoms with Gasteiger partial charge >= 0.3 is 6.18 Å². The normalized spacial score (nSPS) is 17.1. The van der Waals surface area contributed by atoms with E-state index in [0.29, 0.717) is 37.2 Å². The van der Waals surface area contributed by atoms with Gasteiger partial charge in [0.1, 0.15) is 5.82 Å². The molecular weight excluding hydrogens is 337 g/mol. The van der Waals surface area contributed by atoms with Crippen LogP contribution >= 0.6 is 15.9 Å². The van der Waals surface area contributed by atoms with Gasteiger partial charge in [0, 0.05) is 36.8 Å². The highest BCUT2D eigenvalue weighted by Gasteiger charge is 2.36. The molecule has 1 aliphatic rings. The van der Waals surface area contributed by atoms with E-state index in [4.69, 9.17) is 5.26 Å². The molecule has 0 radical (unpaired) electrons. The van der Waals surface area contributed by atoms with Crippen molar-refractivity contribution in [2.24, 2.45) is 0 Å². The lowest BCUT2D eigenvalue weighted by atomic mass is 10.2. The van der Waals surface area contributed by atoms with Crippen LogP contribution in [0.3, 0.4) is 0 Å². The monoisotopic (exact) mass is 348 g/mol. The summed E-state index contributed by atoms with van der Waals surface area (Å²) >= 11 is 3.02. The fraction of sp³-hybridized carbons (Fsp3) is 0.500. The molecule has 1 aromatic heterocycles. The topological polar surface area (TPSA) is 43.2 Å². The highest BCUT2D eigenvalue weighted by atomic mass is 79.9. The molecule has 0 N–H and O–H groups in total. The van der Waals surface area contributed by atoms with Crippen LogP contribution in [0.15, 0.2) is 16.7 Å². The second-order valence-corrected chi connectivity index (χ2v) is 5.36. The van der Waals surface area contributed by atoms with Gasteiger partial charge < -0.3 is 4.90 Å². The third kappa shape index (κ3) is 3.41. The maximum Gasteiger partial charge on any atom is 0.419 e. The fourth-order valence-corrected chi connectivity index (χ4v) is 2.44. The number of hydrogen-bond donors (Lipinski definition) is 0. The zero-order chi connectivity index (χ0) is 14.8. The number of anilines is 1. The Morgan fingerprint density at radius 3 is 2.50 bits per heavy atom. The molecule has 0 bridgehead atoms. The average molecular weight is 349 g/mol. The van der Waals surface area contributed by atoms with E-state index < -0.39 is 11.7 Å². The Morgan fingerprint density at radius 1 is 1.30 bits per heavy atom. The van der Waals surface area contributed by atoms with Gasteiger partial charge in [0.05, 0.1) is 18.2 Å². The molecule has 4 nitrogen and oxygen atoms in total. The highest BCUT2D eigenvalue weighted by molar-refractivity contribution is 9.10. The predicted molar refractivity (Wildman–Crippen MR) is 71.2 cm³/mol. The Bertz CT molecular complexity index is 518. The molecule has 1 saturated heterocycles. The van der Waals surface area contributed by atoms with E-state index in [0.717, 1.165) is 6.07 Å². The van der Waals surface area contributed by atoms with Gasteiger partial charge in [-0.05, 0) is 22.0 Å². The summed E-state index contributed by atoms with van der Waals surface area (Å²) in [5, 5.41) is 8.61. The van der Waals surface area contributed by atoms with Crippen molar-refractivity contribution in [2.75, 3.05) is 37.6 Å². The van der Waals surface area contributed by atoms with Crippen molar-refractivity contribution < 1.29 is 13.2 Å². The number of alkyl halides is 3. The molecule has 2 heterocycles. The molecule has 0 aliphatic carbocycles. The average Bonchev–Trinajstić information content (AvgIpc) is 2.39. The summed E-state index contributed by atoms with van der Waals surface area (Å²) in [6, 6.07) is 3.09. The Kier molecular flexibility index (Phi) is 4.50. The van der Waals surface area contributed by atoms with Crippen LogP contribution in [-0.2, 0) is 6.18 Å². The molecular formula is C12H12BrF3N4. The van der Waals surface area contributed by atoms with Gasteiger partial charge in [0.25, 0.3) is 0 Å². The molecule has 0 spiro atoms. The lowest BCUT2D eigenvalue weighted by molar-refractivity contribution is -0.137. The van der Waals surface area contributed by atoms with Gasteiger partial charge in [-0.3, -0.25) is 4.90 Å². The molecule has 108 valence electrons. The van der Waals surface area contributed by atoms with Crippen LogP contribution < -0.4 is 4.90 Å². The summed E-state index contributed by atoms with van der Waals surface area (Å²) in [4.78, 5) is 7.43. The molecule has 2 rings (SSSR count). The number of pyridine rings is 1. The van der Waals surface area contributed by atoms with Crippen molar-refractivity contribution in [1.82, 2.24) is 9.88 Å². The largest absolute Gasteiger partial charge is 0.419 e. The van der Waals surface area contributed by atoms with Gasteiger partial charge in [0.15, 0.2) is 0 Å². The highest BCUT2D eigenvalue weighted by Crippen LogP contribution is 2.37. The Balaban J connectivity index is 2.20. The lowest BCUT2D eigenvalue weighted by Crippen LogP contribution is -2.47. The number of nitriles is 1. The summed E-state index contributed by atoms with van der Waals surface area (Å²) in [6.07, 6.45) is -3.07. The van der Waals surface area contributed by atoms with Crippen LogP contribution in [0.1, 0.15) is 5.56 Å². The predicted octanol–water partition coefficient (Wildman–Crippen LogP) is 2.51. The lowest BCUT2D eigenvalue weighted by Gasteiger charge is -2.35. The van der Waals surface area contributed by atoms with E-state index in [1.165, 1.54) is 6.20 Å². The van der Waals surface area contributed by atoms with E-state index >= 15 is 0 Å². The second kappa shape index (κ2) is 5.97. The smallest absolute Gasteiger partial charge is 0.354 e. The van der Waals surface area contributed by atoms with Gasteiger partial charge in [-0.15, -0.1) is 0 Å². The maximum atomic E-state index is 13.0. The van der Waals surface area contributed by atoms with Gasteiger partial charge in [-0.25, -0.2) is 4.98 Å². The van der Waals surface area contributed by atoms with Crippen LogP contribution in [0, 0.1) is 11.3 Å². The van der Waals surface area contributed by atoms with Gasteiger partial charge in [0.2, 0.25) is 0 Å². The molecule has 0 aromatic carbocycles. The standard InChI is InChI=1S/C12H12BrF3N4/c13-9-7-10(12(14,15)16)11(18-8-9)20-5-3-19(2-1-17)4-6-20/h7-8H,2-6H2. The molecule has 0 amide bonds. The summed E-state index contributed by atoms with van der Waals surface area (Å²) in [5.41, 5.74) is -0.736. The van der Waals surface area contributed by atoms with Gasteiger partial charge in [-0.1, -0.05) is 0 Å². The first-order valence-corrected chi connectivity index (χ1v) is 6.78. The van der Waals surface area contributed by atoms with Crippen molar-refractivity contribution >= 4 is 21.7 Å². The summed E-state index contributed by atoms with van der Waals surface area (Å²) in [7, 11) is 0. The summed E-state index contributed by atoms with van der Waals surface area (Å²) in [5.74, 6) is -0.0442. The molecule has 20 heavy (non-hydrogen) atoms. The van der Waals surface area contributed by atoms with Crippen LogP contribution in [0.4, 0.5) is 19.0 Å². The van der Waals surface area contributed by atoms with Crippen molar-refractivity contribution in [1.29, 1.82) is 5.26 Å². The van der Waals surface area contributed by atoms with E-state index in [-0.39, 0.29) is 5.82 Å². The first-order valence-electron chi connectivity index (χ1n) is 5.99. The third-order valence-electron chi connectivity index (χ3n) is 3.10. The zero-order valence-corrected chi connectivity index (χ0v) is 12.1.